The first-order valence-electron chi connectivity index (χ1n) is 5.64. The summed E-state index contributed by atoms with van der Waals surface area (Å²) < 4.78 is 0.705. The number of aromatic amines is 1. The van der Waals surface area contributed by atoms with Gasteiger partial charge in [-0.25, -0.2) is 4.98 Å². The molecule has 0 aliphatic carbocycles. The molecule has 88 valence electrons. The minimum atomic E-state index is 0.705. The van der Waals surface area contributed by atoms with Gasteiger partial charge < -0.3 is 4.98 Å². The van der Waals surface area contributed by atoms with Crippen LogP contribution >= 0.6 is 12.2 Å². The van der Waals surface area contributed by atoms with Gasteiger partial charge in [0.25, 0.3) is 0 Å². The molecule has 3 heteroatoms. The van der Waals surface area contributed by atoms with E-state index in [1.165, 1.54) is 11.1 Å². The Labute approximate surface area is 107 Å². The van der Waals surface area contributed by atoms with E-state index in [0.717, 1.165) is 22.6 Å². The largest absolute Gasteiger partial charge is 0.347 e. The molecule has 1 N–H and O–H groups in total. The minimum Gasteiger partial charge on any atom is -0.347 e. The molecule has 0 amide bonds. The Kier molecular flexibility index (Phi) is 3.11. The summed E-state index contributed by atoms with van der Waals surface area (Å²) in [5.74, 6) is 0. The van der Waals surface area contributed by atoms with Crippen LogP contribution < -0.4 is 0 Å². The van der Waals surface area contributed by atoms with Crippen molar-refractivity contribution in [2.75, 3.05) is 0 Å². The first kappa shape index (κ1) is 12.0. The van der Waals surface area contributed by atoms with Crippen molar-refractivity contribution in [2.45, 2.75) is 27.7 Å². The minimum absolute atomic E-state index is 0.705. The molecule has 1 heterocycles. The highest BCUT2D eigenvalue weighted by atomic mass is 32.1. The van der Waals surface area contributed by atoms with Crippen molar-refractivity contribution < 1.29 is 0 Å². The highest BCUT2D eigenvalue weighted by molar-refractivity contribution is 7.71. The summed E-state index contributed by atoms with van der Waals surface area (Å²) in [6, 6.07) is 6.31. The van der Waals surface area contributed by atoms with Crippen LogP contribution in [0, 0.1) is 32.3 Å². The lowest BCUT2D eigenvalue weighted by Crippen LogP contribution is -1.96. The number of aryl methyl sites for hydroxylation is 4. The quantitative estimate of drug-likeness (QED) is 0.767. The fourth-order valence-corrected chi connectivity index (χ4v) is 2.02. The molecular weight excluding hydrogens is 228 g/mol. The van der Waals surface area contributed by atoms with Gasteiger partial charge in [-0.1, -0.05) is 24.4 Å². The number of hydrogen-bond donors (Lipinski definition) is 1. The van der Waals surface area contributed by atoms with Crippen molar-refractivity contribution >= 4 is 12.2 Å². The van der Waals surface area contributed by atoms with Gasteiger partial charge in [0.05, 0.1) is 5.69 Å². The summed E-state index contributed by atoms with van der Waals surface area (Å²) in [6.07, 6.45) is 0. The van der Waals surface area contributed by atoms with Crippen LogP contribution in [0.4, 0.5) is 0 Å². The highest BCUT2D eigenvalue weighted by Gasteiger charge is 2.06. The Bertz CT molecular complexity index is 627. The first-order chi connectivity index (χ1) is 7.99. The maximum Gasteiger partial charge on any atom is 0.130 e. The number of rotatable bonds is 1. The topological polar surface area (TPSA) is 28.7 Å². The lowest BCUT2D eigenvalue weighted by Gasteiger charge is -2.07. The Morgan fingerprint density at radius 3 is 2.41 bits per heavy atom. The number of nitrogens with one attached hydrogen (secondary N) is 1. The molecule has 0 spiro atoms. The van der Waals surface area contributed by atoms with Gasteiger partial charge in [-0.05, 0) is 44.9 Å². The van der Waals surface area contributed by atoms with E-state index in [4.69, 9.17) is 12.2 Å². The lowest BCUT2D eigenvalue weighted by atomic mass is 10.0. The van der Waals surface area contributed by atoms with Crippen molar-refractivity contribution in [3.63, 3.8) is 0 Å². The summed E-state index contributed by atoms with van der Waals surface area (Å²) in [6.45, 7) is 8.19. The van der Waals surface area contributed by atoms with Crippen molar-refractivity contribution in [3.05, 3.63) is 45.4 Å². The molecule has 0 atom stereocenters. The van der Waals surface area contributed by atoms with Crippen LogP contribution in [-0.2, 0) is 0 Å². The van der Waals surface area contributed by atoms with Gasteiger partial charge in [0.15, 0.2) is 0 Å². The van der Waals surface area contributed by atoms with Crippen molar-refractivity contribution in [2.24, 2.45) is 0 Å². The van der Waals surface area contributed by atoms with E-state index >= 15 is 0 Å². The van der Waals surface area contributed by atoms with Crippen molar-refractivity contribution in [1.82, 2.24) is 9.97 Å². The van der Waals surface area contributed by atoms with Gasteiger partial charge in [-0.2, -0.15) is 0 Å². The number of H-pyrrole nitrogens is 1. The third kappa shape index (κ3) is 2.29. The molecular formula is C14H16N2S. The molecule has 0 aliphatic heterocycles. The average Bonchev–Trinajstić information content (AvgIpc) is 2.27. The predicted molar refractivity (Wildman–Crippen MR) is 73.8 cm³/mol. The zero-order valence-corrected chi connectivity index (χ0v) is 11.4. The van der Waals surface area contributed by atoms with E-state index in [1.807, 2.05) is 13.8 Å². The monoisotopic (exact) mass is 244 g/mol. The van der Waals surface area contributed by atoms with E-state index in [1.54, 1.807) is 0 Å². The molecule has 1 aromatic heterocycles. The van der Waals surface area contributed by atoms with Gasteiger partial charge in [0.2, 0.25) is 0 Å². The zero-order chi connectivity index (χ0) is 12.6. The van der Waals surface area contributed by atoms with Crippen LogP contribution in [0.15, 0.2) is 18.2 Å². The standard InChI is InChI=1S/C14H16N2S/c1-8-5-6-12(7-9(8)2)13-14(17)16-11(4)10(3)15-13/h5-7H,1-4H3,(H,16,17). The first-order valence-corrected chi connectivity index (χ1v) is 6.05. The third-order valence-electron chi connectivity index (χ3n) is 3.12. The SMILES string of the molecule is Cc1ccc(-c2nc(C)c(C)[nH]c2=S)cc1C. The van der Waals surface area contributed by atoms with Gasteiger partial charge >= 0.3 is 0 Å². The molecule has 17 heavy (non-hydrogen) atoms. The Hall–Kier alpha value is -1.48. The summed E-state index contributed by atoms with van der Waals surface area (Å²) in [7, 11) is 0. The maximum absolute atomic E-state index is 5.34. The van der Waals surface area contributed by atoms with Crippen LogP contribution in [-0.4, -0.2) is 9.97 Å². The van der Waals surface area contributed by atoms with E-state index in [2.05, 4.69) is 42.0 Å². The van der Waals surface area contributed by atoms with E-state index in [0.29, 0.717) is 4.64 Å². The van der Waals surface area contributed by atoms with Crippen molar-refractivity contribution in [1.29, 1.82) is 0 Å². The van der Waals surface area contributed by atoms with Crippen LogP contribution in [0.5, 0.6) is 0 Å². The fraction of sp³-hybridized carbons (Fsp3) is 0.286. The molecule has 0 aliphatic rings. The summed E-state index contributed by atoms with van der Waals surface area (Å²) >= 11 is 5.34. The van der Waals surface area contributed by atoms with E-state index in [-0.39, 0.29) is 0 Å². The third-order valence-corrected chi connectivity index (χ3v) is 3.41. The molecule has 1 aromatic carbocycles. The molecule has 2 aromatic rings. The van der Waals surface area contributed by atoms with Gasteiger partial charge in [0, 0.05) is 11.3 Å². The van der Waals surface area contributed by atoms with Crippen LogP contribution in [0.1, 0.15) is 22.5 Å². The second-order valence-corrected chi connectivity index (χ2v) is 4.83. The molecule has 0 unspecified atom stereocenters. The summed E-state index contributed by atoms with van der Waals surface area (Å²) in [4.78, 5) is 7.77. The van der Waals surface area contributed by atoms with Crippen LogP contribution in [0.3, 0.4) is 0 Å². The predicted octanol–water partition coefficient (Wildman–Crippen LogP) is 4.04. The zero-order valence-electron chi connectivity index (χ0n) is 10.6. The summed E-state index contributed by atoms with van der Waals surface area (Å²) in [5, 5.41) is 0. The van der Waals surface area contributed by atoms with Crippen LogP contribution in [0.25, 0.3) is 11.3 Å². The second kappa shape index (κ2) is 4.41. The van der Waals surface area contributed by atoms with Crippen LogP contribution in [0.2, 0.25) is 0 Å². The molecule has 0 fully saturated rings. The maximum atomic E-state index is 5.34. The highest BCUT2D eigenvalue weighted by Crippen LogP contribution is 2.21. The Morgan fingerprint density at radius 1 is 1.06 bits per heavy atom. The van der Waals surface area contributed by atoms with Gasteiger partial charge in [-0.3, -0.25) is 0 Å². The van der Waals surface area contributed by atoms with Gasteiger partial charge in [-0.15, -0.1) is 0 Å². The summed E-state index contributed by atoms with van der Waals surface area (Å²) in [5.41, 5.74) is 6.52. The normalized spacial score (nSPS) is 10.6. The molecule has 2 nitrogen and oxygen atoms in total. The molecule has 0 bridgehead atoms. The van der Waals surface area contributed by atoms with E-state index in [9.17, 15) is 0 Å². The van der Waals surface area contributed by atoms with E-state index < -0.39 is 0 Å². The molecule has 2 rings (SSSR count). The second-order valence-electron chi connectivity index (χ2n) is 4.42. The molecule has 0 radical (unpaired) electrons. The Balaban J connectivity index is 2.64. The molecule has 0 saturated heterocycles. The lowest BCUT2D eigenvalue weighted by molar-refractivity contribution is 1.04. The fourth-order valence-electron chi connectivity index (χ4n) is 1.71. The number of aromatic nitrogens is 2. The number of nitrogens with zero attached hydrogens (tertiary/aromatic N) is 1. The van der Waals surface area contributed by atoms with Gasteiger partial charge in [0.1, 0.15) is 10.3 Å². The number of benzene rings is 1. The number of hydrogen-bond acceptors (Lipinski definition) is 2. The smallest absolute Gasteiger partial charge is 0.130 e. The van der Waals surface area contributed by atoms with Crippen molar-refractivity contribution in [3.8, 4) is 11.3 Å². The molecule has 0 saturated carbocycles. The Morgan fingerprint density at radius 2 is 1.76 bits per heavy atom. The average molecular weight is 244 g/mol.